The summed E-state index contributed by atoms with van der Waals surface area (Å²) in [6.45, 7) is 0. The summed E-state index contributed by atoms with van der Waals surface area (Å²) in [5.74, 6) is 0. The predicted molar refractivity (Wildman–Crippen MR) is 30.9 cm³/mol. The molecular formula is C6H4Li2S. The first-order chi connectivity index (χ1) is 3.39. The first-order valence-corrected chi connectivity index (χ1v) is 2.43. The van der Waals surface area contributed by atoms with Crippen molar-refractivity contribution in [2.45, 2.75) is 4.90 Å². The standard InChI is InChI=1S/C6H5S.2Li/c7-6-4-2-1-3-5-6;;/h2-5,7H;;/q-1;2*+1/p-1. The van der Waals surface area contributed by atoms with Gasteiger partial charge in [-0.15, -0.1) is 0 Å². The van der Waals surface area contributed by atoms with Crippen LogP contribution in [-0.4, -0.2) is 0 Å². The maximum Gasteiger partial charge on any atom is 1.00 e. The van der Waals surface area contributed by atoms with Crippen LogP contribution in [0.3, 0.4) is 0 Å². The Kier molecular flexibility index (Phi) is 9.24. The van der Waals surface area contributed by atoms with E-state index in [0.29, 0.717) is 0 Å². The van der Waals surface area contributed by atoms with Crippen molar-refractivity contribution in [2.24, 2.45) is 0 Å². The Morgan fingerprint density at radius 1 is 1.11 bits per heavy atom. The van der Waals surface area contributed by atoms with Crippen LogP contribution in [0.2, 0.25) is 0 Å². The van der Waals surface area contributed by atoms with Crippen molar-refractivity contribution in [1.29, 1.82) is 0 Å². The zero-order chi connectivity index (χ0) is 5.11. The molecule has 3 heteroatoms. The van der Waals surface area contributed by atoms with Gasteiger partial charge in [-0.05, 0) is 0 Å². The molecule has 0 heterocycles. The molecule has 0 unspecified atom stereocenters. The zero-order valence-corrected chi connectivity index (χ0v) is 6.53. The second kappa shape index (κ2) is 6.75. The third kappa shape index (κ3) is 5.10. The molecule has 1 aromatic carbocycles. The van der Waals surface area contributed by atoms with E-state index in [-0.39, 0.29) is 37.7 Å². The van der Waals surface area contributed by atoms with Crippen molar-refractivity contribution < 1.29 is 37.7 Å². The Labute approximate surface area is 85.2 Å². The van der Waals surface area contributed by atoms with Crippen molar-refractivity contribution in [3.63, 3.8) is 0 Å². The van der Waals surface area contributed by atoms with Crippen molar-refractivity contribution in [3.05, 3.63) is 30.3 Å². The van der Waals surface area contributed by atoms with Crippen LogP contribution in [0.5, 0.6) is 0 Å². The van der Waals surface area contributed by atoms with E-state index in [1.54, 1.807) is 0 Å². The third-order valence-corrected chi connectivity index (χ3v) is 0.960. The largest absolute Gasteiger partial charge is 1.00 e. The van der Waals surface area contributed by atoms with Crippen LogP contribution in [0, 0.1) is 6.07 Å². The maximum absolute atomic E-state index is 4.79. The van der Waals surface area contributed by atoms with Crippen LogP contribution in [-0.2, 0) is 12.6 Å². The molecule has 0 bridgehead atoms. The molecule has 0 aromatic heterocycles. The molecule has 0 spiro atoms. The van der Waals surface area contributed by atoms with Gasteiger partial charge in [0.05, 0.1) is 0 Å². The van der Waals surface area contributed by atoms with Crippen LogP contribution < -0.4 is 37.7 Å². The molecule has 0 saturated heterocycles. The molecule has 9 heavy (non-hydrogen) atoms. The molecule has 0 atom stereocenters. The fraction of sp³-hybridized carbons (Fsp3) is 0. The van der Waals surface area contributed by atoms with Crippen LogP contribution in [0.25, 0.3) is 0 Å². The minimum atomic E-state index is 0. The molecule has 0 nitrogen and oxygen atoms in total. The Morgan fingerprint density at radius 3 is 1.78 bits per heavy atom. The summed E-state index contributed by atoms with van der Waals surface area (Å²) in [5, 5.41) is 0. The normalized spacial score (nSPS) is 6.67. The second-order valence-electron chi connectivity index (χ2n) is 1.24. The van der Waals surface area contributed by atoms with Crippen LogP contribution >= 0.6 is 0 Å². The summed E-state index contributed by atoms with van der Waals surface area (Å²) in [6, 6.07) is 10.2. The van der Waals surface area contributed by atoms with Gasteiger partial charge in [0, 0.05) is 0 Å². The van der Waals surface area contributed by atoms with Gasteiger partial charge < -0.3 is 12.6 Å². The summed E-state index contributed by atoms with van der Waals surface area (Å²) >= 11 is 4.79. The fourth-order valence-electron chi connectivity index (χ4n) is 0.372. The summed E-state index contributed by atoms with van der Waals surface area (Å²) in [7, 11) is 0. The SMILES string of the molecule is [Li+].[Li+].[S-]c1cc[c-]cc1. The van der Waals surface area contributed by atoms with E-state index in [1.807, 2.05) is 24.3 Å². The van der Waals surface area contributed by atoms with E-state index in [0.717, 1.165) is 4.90 Å². The summed E-state index contributed by atoms with van der Waals surface area (Å²) in [4.78, 5) is 0.874. The van der Waals surface area contributed by atoms with Gasteiger partial charge in [-0.2, -0.15) is 30.3 Å². The first kappa shape index (κ1) is 12.3. The van der Waals surface area contributed by atoms with E-state index in [2.05, 4.69) is 6.07 Å². The molecule has 0 aliphatic heterocycles. The molecule has 0 N–H and O–H groups in total. The van der Waals surface area contributed by atoms with Crippen LogP contribution in [0.1, 0.15) is 0 Å². The van der Waals surface area contributed by atoms with Crippen molar-refractivity contribution in [3.8, 4) is 0 Å². The summed E-state index contributed by atoms with van der Waals surface area (Å²) in [6.07, 6.45) is 0. The van der Waals surface area contributed by atoms with E-state index >= 15 is 0 Å². The number of hydrogen-bond acceptors (Lipinski definition) is 1. The topological polar surface area (TPSA) is 0 Å². The van der Waals surface area contributed by atoms with Gasteiger partial charge in [0.25, 0.3) is 0 Å². The number of hydrogen-bond donors (Lipinski definition) is 0. The zero-order valence-electron chi connectivity index (χ0n) is 5.72. The van der Waals surface area contributed by atoms with Gasteiger partial charge in [-0.3, -0.25) is 4.90 Å². The molecule has 1 aromatic rings. The van der Waals surface area contributed by atoms with Crippen LogP contribution in [0.15, 0.2) is 29.2 Å². The first-order valence-electron chi connectivity index (χ1n) is 2.03. The van der Waals surface area contributed by atoms with Crippen LogP contribution in [0.4, 0.5) is 0 Å². The molecule has 0 fully saturated rings. The number of benzene rings is 1. The Hall–Kier alpha value is 0.635. The average molecular weight is 122 g/mol. The fourth-order valence-corrected chi connectivity index (χ4v) is 0.508. The van der Waals surface area contributed by atoms with Crippen molar-refractivity contribution in [1.82, 2.24) is 0 Å². The molecule has 0 radical (unpaired) electrons. The van der Waals surface area contributed by atoms with E-state index < -0.39 is 0 Å². The third-order valence-electron chi connectivity index (χ3n) is 0.688. The van der Waals surface area contributed by atoms with Gasteiger partial charge in [-0.25, -0.2) is 0 Å². The molecule has 36 valence electrons. The molecule has 0 saturated carbocycles. The number of rotatable bonds is 0. The second-order valence-corrected chi connectivity index (χ2v) is 1.71. The van der Waals surface area contributed by atoms with E-state index in [9.17, 15) is 0 Å². The molecule has 0 aliphatic carbocycles. The van der Waals surface area contributed by atoms with Crippen molar-refractivity contribution >= 4 is 12.6 Å². The minimum absolute atomic E-state index is 0. The smallest absolute Gasteiger partial charge is 0.805 e. The molecule has 0 aliphatic rings. The Bertz CT molecular complexity index is 141. The van der Waals surface area contributed by atoms with Gasteiger partial charge in [0.1, 0.15) is 0 Å². The van der Waals surface area contributed by atoms with Gasteiger partial charge in [-0.1, -0.05) is 0 Å². The quantitative estimate of drug-likeness (QED) is 0.189. The predicted octanol–water partition coefficient (Wildman–Crippen LogP) is -4.60. The minimum Gasteiger partial charge on any atom is -0.805 e. The van der Waals surface area contributed by atoms with Gasteiger partial charge in [0.15, 0.2) is 0 Å². The molecular weight excluding hydrogens is 118 g/mol. The molecule has 1 rings (SSSR count). The monoisotopic (exact) mass is 122 g/mol. The Morgan fingerprint density at radius 2 is 1.56 bits per heavy atom. The van der Waals surface area contributed by atoms with Gasteiger partial charge in [0.2, 0.25) is 0 Å². The Balaban J connectivity index is 0. The van der Waals surface area contributed by atoms with E-state index in [1.165, 1.54) is 0 Å². The molecule has 0 amide bonds. The van der Waals surface area contributed by atoms with E-state index in [4.69, 9.17) is 12.6 Å². The maximum atomic E-state index is 4.79. The summed E-state index contributed by atoms with van der Waals surface area (Å²) < 4.78 is 0. The summed E-state index contributed by atoms with van der Waals surface area (Å²) in [5.41, 5.74) is 0. The average Bonchev–Trinajstić information content (AvgIpc) is 1.69. The van der Waals surface area contributed by atoms with Crippen molar-refractivity contribution in [2.75, 3.05) is 0 Å². The van der Waals surface area contributed by atoms with Gasteiger partial charge >= 0.3 is 37.7 Å².